The van der Waals surface area contributed by atoms with Gasteiger partial charge in [-0.15, -0.1) is 0 Å². The molecule has 1 atom stereocenters. The van der Waals surface area contributed by atoms with Gasteiger partial charge in [0.2, 0.25) is 0 Å². The third-order valence-electron chi connectivity index (χ3n) is 2.59. The van der Waals surface area contributed by atoms with Gasteiger partial charge in [0.05, 0.1) is 6.61 Å². The zero-order valence-electron chi connectivity index (χ0n) is 10.8. The van der Waals surface area contributed by atoms with E-state index >= 15 is 0 Å². The topological polar surface area (TPSA) is 46.5 Å². The molecule has 1 unspecified atom stereocenters. The summed E-state index contributed by atoms with van der Waals surface area (Å²) in [6.45, 7) is 4.64. The van der Waals surface area contributed by atoms with Crippen molar-refractivity contribution in [3.8, 4) is 0 Å². The van der Waals surface area contributed by atoms with Gasteiger partial charge in [0.25, 0.3) is 0 Å². The maximum atomic E-state index is 11.4. The van der Waals surface area contributed by atoms with E-state index in [0.717, 1.165) is 25.7 Å². The van der Waals surface area contributed by atoms with Crippen molar-refractivity contribution in [3.63, 3.8) is 0 Å². The van der Waals surface area contributed by atoms with Crippen molar-refractivity contribution in [1.82, 2.24) is 0 Å². The average Bonchev–Trinajstić information content (AvgIpc) is 2.25. The molecule has 0 amide bonds. The largest absolute Gasteiger partial charge is 0.328 e. The first-order valence-electron chi connectivity index (χ1n) is 6.58. The second-order valence-corrected chi connectivity index (χ2v) is 6.30. The smallest absolute Gasteiger partial charge is 0.324 e. The van der Waals surface area contributed by atoms with Gasteiger partial charge in [0.15, 0.2) is 0 Å². The Balaban J connectivity index is 3.32. The van der Waals surface area contributed by atoms with Gasteiger partial charge < -0.3 is 9.42 Å². The summed E-state index contributed by atoms with van der Waals surface area (Å²) in [6.07, 6.45) is 9.03. The Bertz CT molecular complexity index is 195. The van der Waals surface area contributed by atoms with Crippen LogP contribution in [0.25, 0.3) is 0 Å². The summed E-state index contributed by atoms with van der Waals surface area (Å²) >= 11 is 0. The molecule has 1 N–H and O–H groups in total. The summed E-state index contributed by atoms with van der Waals surface area (Å²) in [6, 6.07) is 0. The molecule has 0 aliphatic carbocycles. The average molecular weight is 250 g/mol. The van der Waals surface area contributed by atoms with Crippen molar-refractivity contribution in [3.05, 3.63) is 0 Å². The van der Waals surface area contributed by atoms with Crippen LogP contribution in [0.5, 0.6) is 0 Å². The fourth-order valence-electron chi connectivity index (χ4n) is 1.51. The first-order valence-corrected chi connectivity index (χ1v) is 8.35. The maximum absolute atomic E-state index is 11.4. The molecule has 0 saturated carbocycles. The van der Waals surface area contributed by atoms with Crippen molar-refractivity contribution in [2.24, 2.45) is 0 Å². The minimum absolute atomic E-state index is 0.305. The molecule has 0 saturated heterocycles. The summed E-state index contributed by atoms with van der Waals surface area (Å²) in [5.74, 6) is 0. The van der Waals surface area contributed by atoms with Crippen LogP contribution in [0.15, 0.2) is 0 Å². The molecule has 0 aromatic carbocycles. The SMILES string of the molecule is CCCCCCCCOP(=O)(O)CCCC. The highest BCUT2D eigenvalue weighted by Crippen LogP contribution is 2.42. The van der Waals surface area contributed by atoms with Crippen LogP contribution in [0.3, 0.4) is 0 Å². The Labute approximate surface area is 100 Å². The Morgan fingerprint density at radius 1 is 0.938 bits per heavy atom. The van der Waals surface area contributed by atoms with Gasteiger partial charge in [0.1, 0.15) is 0 Å². The molecule has 0 aliphatic rings. The third-order valence-corrected chi connectivity index (χ3v) is 4.05. The van der Waals surface area contributed by atoms with E-state index < -0.39 is 7.60 Å². The molecule has 16 heavy (non-hydrogen) atoms. The van der Waals surface area contributed by atoms with Gasteiger partial charge in [-0.3, -0.25) is 4.57 Å². The van der Waals surface area contributed by atoms with Crippen LogP contribution in [-0.2, 0) is 9.09 Å². The lowest BCUT2D eigenvalue weighted by Gasteiger charge is -2.11. The van der Waals surface area contributed by atoms with E-state index in [1.54, 1.807) is 0 Å². The molecule has 0 radical (unpaired) electrons. The van der Waals surface area contributed by atoms with Crippen LogP contribution < -0.4 is 0 Å². The van der Waals surface area contributed by atoms with E-state index in [1.165, 1.54) is 25.7 Å². The highest BCUT2D eigenvalue weighted by atomic mass is 31.2. The predicted octanol–water partition coefficient (Wildman–Crippen LogP) is 4.35. The lowest BCUT2D eigenvalue weighted by molar-refractivity contribution is 0.252. The quantitative estimate of drug-likeness (QED) is 0.438. The van der Waals surface area contributed by atoms with E-state index in [1.807, 2.05) is 6.92 Å². The second-order valence-electron chi connectivity index (χ2n) is 4.32. The standard InChI is InChI=1S/C12H27O3P/c1-3-5-7-8-9-10-11-15-16(13,14)12-6-4-2/h3-12H2,1-2H3,(H,13,14). The summed E-state index contributed by atoms with van der Waals surface area (Å²) in [7, 11) is -3.27. The molecular formula is C12H27O3P. The molecule has 98 valence electrons. The molecule has 0 rings (SSSR count). The highest BCUT2D eigenvalue weighted by molar-refractivity contribution is 7.52. The van der Waals surface area contributed by atoms with Crippen molar-refractivity contribution in [2.75, 3.05) is 12.8 Å². The van der Waals surface area contributed by atoms with Crippen LogP contribution in [0.4, 0.5) is 0 Å². The molecule has 0 aromatic rings. The zero-order chi connectivity index (χ0) is 12.3. The van der Waals surface area contributed by atoms with Crippen molar-refractivity contribution < 1.29 is 14.0 Å². The Hall–Kier alpha value is 0.150. The third kappa shape index (κ3) is 10.7. The molecule has 3 nitrogen and oxygen atoms in total. The van der Waals surface area contributed by atoms with E-state index in [0.29, 0.717) is 12.8 Å². The normalized spacial score (nSPS) is 14.9. The lowest BCUT2D eigenvalue weighted by atomic mass is 10.1. The van der Waals surface area contributed by atoms with Crippen LogP contribution in [-0.4, -0.2) is 17.7 Å². The number of hydrogen-bond donors (Lipinski definition) is 1. The summed E-state index contributed by atoms with van der Waals surface area (Å²) < 4.78 is 16.5. The molecule has 0 heterocycles. The van der Waals surface area contributed by atoms with Gasteiger partial charge in [-0.2, -0.15) is 0 Å². The fraction of sp³-hybridized carbons (Fsp3) is 1.00. The van der Waals surface area contributed by atoms with Crippen LogP contribution >= 0.6 is 7.60 Å². The predicted molar refractivity (Wildman–Crippen MR) is 68.9 cm³/mol. The molecule has 0 bridgehead atoms. The Morgan fingerprint density at radius 3 is 2.12 bits per heavy atom. The molecule has 0 aliphatic heterocycles. The number of hydrogen-bond acceptors (Lipinski definition) is 2. The monoisotopic (exact) mass is 250 g/mol. The van der Waals surface area contributed by atoms with E-state index in [-0.39, 0.29) is 0 Å². The van der Waals surface area contributed by atoms with Crippen molar-refractivity contribution in [2.45, 2.75) is 65.2 Å². The second kappa shape index (κ2) is 10.3. The Kier molecular flexibility index (Phi) is 10.4. The van der Waals surface area contributed by atoms with Gasteiger partial charge in [-0.05, 0) is 12.8 Å². The van der Waals surface area contributed by atoms with Gasteiger partial charge in [-0.25, -0.2) is 0 Å². The number of unbranched alkanes of at least 4 members (excludes halogenated alkanes) is 6. The summed E-state index contributed by atoms with van der Waals surface area (Å²) in [4.78, 5) is 9.42. The van der Waals surface area contributed by atoms with Gasteiger partial charge >= 0.3 is 7.60 Å². The summed E-state index contributed by atoms with van der Waals surface area (Å²) in [5, 5.41) is 0. The van der Waals surface area contributed by atoms with E-state index in [9.17, 15) is 9.46 Å². The Morgan fingerprint density at radius 2 is 1.50 bits per heavy atom. The van der Waals surface area contributed by atoms with Crippen LogP contribution in [0.1, 0.15) is 65.2 Å². The van der Waals surface area contributed by atoms with Crippen molar-refractivity contribution in [1.29, 1.82) is 0 Å². The fourth-order valence-corrected chi connectivity index (χ4v) is 2.77. The van der Waals surface area contributed by atoms with E-state index in [4.69, 9.17) is 4.52 Å². The molecule has 0 fully saturated rings. The summed E-state index contributed by atoms with van der Waals surface area (Å²) in [5.41, 5.74) is 0. The minimum Gasteiger partial charge on any atom is -0.324 e. The van der Waals surface area contributed by atoms with Crippen LogP contribution in [0.2, 0.25) is 0 Å². The zero-order valence-corrected chi connectivity index (χ0v) is 11.7. The van der Waals surface area contributed by atoms with Gasteiger partial charge in [-0.1, -0.05) is 52.4 Å². The first-order chi connectivity index (χ1) is 7.62. The lowest BCUT2D eigenvalue weighted by Crippen LogP contribution is -1.97. The number of rotatable bonds is 11. The highest BCUT2D eigenvalue weighted by Gasteiger charge is 2.17. The molecule has 0 spiro atoms. The van der Waals surface area contributed by atoms with Gasteiger partial charge in [0, 0.05) is 6.16 Å². The molecule has 4 heteroatoms. The first kappa shape index (κ1) is 16.1. The van der Waals surface area contributed by atoms with E-state index in [2.05, 4.69) is 6.92 Å². The molecular weight excluding hydrogens is 223 g/mol. The maximum Gasteiger partial charge on any atom is 0.328 e. The molecule has 0 aromatic heterocycles. The van der Waals surface area contributed by atoms with Crippen molar-refractivity contribution >= 4 is 7.60 Å². The van der Waals surface area contributed by atoms with Crippen LogP contribution in [0, 0.1) is 0 Å². The minimum atomic E-state index is -3.27.